The Morgan fingerprint density at radius 2 is 2.14 bits per heavy atom. The van der Waals surface area contributed by atoms with Gasteiger partial charge in [-0.15, -0.1) is 11.3 Å². The van der Waals surface area contributed by atoms with Crippen molar-refractivity contribution in [3.8, 4) is 0 Å². The number of rotatable bonds is 4. The molecule has 0 aromatic carbocycles. The van der Waals surface area contributed by atoms with Crippen LogP contribution in [0.5, 0.6) is 0 Å². The van der Waals surface area contributed by atoms with Crippen LogP contribution in [-0.2, 0) is 9.59 Å². The zero-order valence-corrected chi connectivity index (χ0v) is 13.9. The summed E-state index contributed by atoms with van der Waals surface area (Å²) in [5, 5.41) is 5.16. The third kappa shape index (κ3) is 3.19. The highest BCUT2D eigenvalue weighted by atomic mass is 32.1. The summed E-state index contributed by atoms with van der Waals surface area (Å²) in [5.74, 6) is 0.776. The van der Waals surface area contributed by atoms with Gasteiger partial charge in [0.1, 0.15) is 0 Å². The SMILES string of the molecule is CN1C(=O)CC[C@@H](C(=O)NCC2CCCC2)[C@H]1c1cccs1. The Kier molecular flexibility index (Phi) is 4.81. The van der Waals surface area contributed by atoms with E-state index in [9.17, 15) is 9.59 Å². The lowest BCUT2D eigenvalue weighted by Crippen LogP contribution is -2.46. The van der Waals surface area contributed by atoms with Crippen LogP contribution in [0.2, 0.25) is 0 Å². The molecule has 22 heavy (non-hydrogen) atoms. The minimum absolute atomic E-state index is 0.107. The molecule has 0 radical (unpaired) electrons. The predicted molar refractivity (Wildman–Crippen MR) is 87.5 cm³/mol. The molecule has 2 atom stereocenters. The molecule has 1 saturated carbocycles. The first-order chi connectivity index (χ1) is 10.7. The lowest BCUT2D eigenvalue weighted by molar-refractivity contribution is -0.141. The molecule has 0 bridgehead atoms. The lowest BCUT2D eigenvalue weighted by Gasteiger charge is -2.37. The fourth-order valence-corrected chi connectivity index (χ4v) is 4.69. The van der Waals surface area contributed by atoms with Gasteiger partial charge in [0.25, 0.3) is 0 Å². The molecule has 1 aliphatic heterocycles. The topological polar surface area (TPSA) is 49.4 Å². The van der Waals surface area contributed by atoms with Gasteiger partial charge in [-0.2, -0.15) is 0 Å². The fourth-order valence-electron chi connectivity index (χ4n) is 3.75. The van der Waals surface area contributed by atoms with Crippen LogP contribution in [0, 0.1) is 11.8 Å². The third-order valence-electron chi connectivity index (χ3n) is 5.07. The van der Waals surface area contributed by atoms with Gasteiger partial charge in [-0.25, -0.2) is 0 Å². The molecule has 1 aliphatic carbocycles. The Labute approximate surface area is 135 Å². The zero-order valence-electron chi connectivity index (χ0n) is 13.1. The zero-order chi connectivity index (χ0) is 15.5. The summed E-state index contributed by atoms with van der Waals surface area (Å²) in [4.78, 5) is 27.6. The van der Waals surface area contributed by atoms with E-state index in [-0.39, 0.29) is 23.8 Å². The van der Waals surface area contributed by atoms with E-state index in [1.54, 1.807) is 16.2 Å². The Morgan fingerprint density at radius 1 is 1.36 bits per heavy atom. The Morgan fingerprint density at radius 3 is 2.82 bits per heavy atom. The summed E-state index contributed by atoms with van der Waals surface area (Å²) < 4.78 is 0. The second kappa shape index (κ2) is 6.82. The number of carbonyl (C=O) groups is 2. The molecule has 2 heterocycles. The molecule has 1 N–H and O–H groups in total. The second-order valence-corrected chi connectivity index (χ2v) is 7.48. The number of nitrogens with zero attached hydrogens (tertiary/aromatic N) is 1. The van der Waals surface area contributed by atoms with Gasteiger partial charge in [-0.1, -0.05) is 18.9 Å². The standard InChI is InChI=1S/C17H24N2O2S/c1-19-15(20)9-8-13(16(19)14-7-4-10-22-14)17(21)18-11-12-5-2-3-6-12/h4,7,10,12-13,16H,2-3,5-6,8-9,11H2,1H3,(H,18,21)/t13-,16+/m1/s1. The molecule has 2 fully saturated rings. The van der Waals surface area contributed by atoms with Crippen LogP contribution < -0.4 is 5.32 Å². The number of hydrogen-bond acceptors (Lipinski definition) is 3. The molecule has 120 valence electrons. The van der Waals surface area contributed by atoms with E-state index in [0.29, 0.717) is 18.8 Å². The van der Waals surface area contributed by atoms with Crippen LogP contribution in [0.15, 0.2) is 17.5 Å². The van der Waals surface area contributed by atoms with E-state index < -0.39 is 0 Å². The number of nitrogens with one attached hydrogen (secondary N) is 1. The Hall–Kier alpha value is -1.36. The molecule has 1 saturated heterocycles. The molecule has 4 nitrogen and oxygen atoms in total. The van der Waals surface area contributed by atoms with Crippen molar-refractivity contribution in [1.29, 1.82) is 0 Å². The van der Waals surface area contributed by atoms with Crippen LogP contribution in [0.1, 0.15) is 49.4 Å². The minimum atomic E-state index is -0.122. The molecular formula is C17H24N2O2S. The van der Waals surface area contributed by atoms with Gasteiger partial charge >= 0.3 is 0 Å². The molecule has 2 amide bonds. The Balaban J connectivity index is 1.69. The molecule has 3 rings (SSSR count). The van der Waals surface area contributed by atoms with Crippen LogP contribution in [0.3, 0.4) is 0 Å². The van der Waals surface area contributed by atoms with Crippen LogP contribution in [-0.4, -0.2) is 30.3 Å². The molecule has 5 heteroatoms. The summed E-state index contributed by atoms with van der Waals surface area (Å²) in [6.45, 7) is 0.796. The fraction of sp³-hybridized carbons (Fsp3) is 0.647. The van der Waals surface area contributed by atoms with Crippen molar-refractivity contribution in [3.63, 3.8) is 0 Å². The maximum atomic E-state index is 12.7. The number of amides is 2. The van der Waals surface area contributed by atoms with Crippen molar-refractivity contribution in [2.24, 2.45) is 11.8 Å². The lowest BCUT2D eigenvalue weighted by atomic mass is 9.87. The van der Waals surface area contributed by atoms with E-state index in [1.807, 2.05) is 24.6 Å². The molecule has 0 unspecified atom stereocenters. The maximum absolute atomic E-state index is 12.7. The van der Waals surface area contributed by atoms with Gasteiger partial charge in [0, 0.05) is 24.9 Å². The van der Waals surface area contributed by atoms with Gasteiger partial charge in [0.05, 0.1) is 12.0 Å². The number of carbonyl (C=O) groups excluding carboxylic acids is 2. The minimum Gasteiger partial charge on any atom is -0.356 e. The van der Waals surface area contributed by atoms with Gasteiger partial charge in [0.15, 0.2) is 0 Å². The van der Waals surface area contributed by atoms with Crippen molar-refractivity contribution in [2.75, 3.05) is 13.6 Å². The summed E-state index contributed by atoms with van der Waals surface area (Å²) >= 11 is 1.63. The van der Waals surface area contributed by atoms with Crippen LogP contribution >= 0.6 is 11.3 Å². The highest BCUT2D eigenvalue weighted by Gasteiger charge is 2.39. The largest absolute Gasteiger partial charge is 0.356 e. The number of piperidine rings is 1. The summed E-state index contributed by atoms with van der Waals surface area (Å²) in [5.41, 5.74) is 0. The number of hydrogen-bond donors (Lipinski definition) is 1. The van der Waals surface area contributed by atoms with Crippen molar-refractivity contribution >= 4 is 23.2 Å². The van der Waals surface area contributed by atoms with E-state index in [4.69, 9.17) is 0 Å². The van der Waals surface area contributed by atoms with Crippen molar-refractivity contribution < 1.29 is 9.59 Å². The highest BCUT2D eigenvalue weighted by Crippen LogP contribution is 2.38. The molecule has 0 spiro atoms. The maximum Gasteiger partial charge on any atom is 0.225 e. The van der Waals surface area contributed by atoms with Crippen molar-refractivity contribution in [2.45, 2.75) is 44.6 Å². The van der Waals surface area contributed by atoms with Crippen LogP contribution in [0.25, 0.3) is 0 Å². The smallest absolute Gasteiger partial charge is 0.225 e. The molecular weight excluding hydrogens is 296 g/mol. The molecule has 2 aliphatic rings. The average Bonchev–Trinajstić information content (AvgIpc) is 3.20. The van der Waals surface area contributed by atoms with E-state index in [1.165, 1.54) is 25.7 Å². The monoisotopic (exact) mass is 320 g/mol. The highest BCUT2D eigenvalue weighted by molar-refractivity contribution is 7.10. The average molecular weight is 320 g/mol. The van der Waals surface area contributed by atoms with Gasteiger partial charge < -0.3 is 10.2 Å². The second-order valence-electron chi connectivity index (χ2n) is 6.51. The van der Waals surface area contributed by atoms with Gasteiger partial charge in [0.2, 0.25) is 11.8 Å². The molecule has 1 aromatic heterocycles. The van der Waals surface area contributed by atoms with Gasteiger partial charge in [-0.3, -0.25) is 9.59 Å². The molecule has 1 aromatic rings. The van der Waals surface area contributed by atoms with Gasteiger partial charge in [-0.05, 0) is 36.6 Å². The van der Waals surface area contributed by atoms with Crippen LogP contribution in [0.4, 0.5) is 0 Å². The number of thiophene rings is 1. The normalized spacial score (nSPS) is 26.4. The first kappa shape index (κ1) is 15.5. The first-order valence-electron chi connectivity index (χ1n) is 8.23. The summed E-state index contributed by atoms with van der Waals surface area (Å²) in [6, 6.07) is 3.91. The summed E-state index contributed by atoms with van der Waals surface area (Å²) in [6.07, 6.45) is 6.18. The quantitative estimate of drug-likeness (QED) is 0.927. The predicted octanol–water partition coefficient (Wildman–Crippen LogP) is 2.96. The third-order valence-corrected chi connectivity index (χ3v) is 6.02. The van der Waals surface area contributed by atoms with E-state index in [2.05, 4.69) is 5.32 Å². The summed E-state index contributed by atoms with van der Waals surface area (Å²) in [7, 11) is 1.82. The van der Waals surface area contributed by atoms with Crippen molar-refractivity contribution in [1.82, 2.24) is 10.2 Å². The first-order valence-corrected chi connectivity index (χ1v) is 9.11. The number of likely N-dealkylation sites (tertiary alicyclic amines) is 1. The Bertz CT molecular complexity index is 523. The van der Waals surface area contributed by atoms with E-state index in [0.717, 1.165) is 11.4 Å². The van der Waals surface area contributed by atoms with Crippen molar-refractivity contribution in [3.05, 3.63) is 22.4 Å². The van der Waals surface area contributed by atoms with E-state index >= 15 is 0 Å².